The first kappa shape index (κ1) is 22.1. The lowest BCUT2D eigenvalue weighted by atomic mass is 9.79. The monoisotopic (exact) mass is 427 g/mol. The molecule has 31 heavy (non-hydrogen) atoms. The molecule has 2 aliphatic heterocycles. The molecule has 1 aromatic rings. The fourth-order valence-electron chi connectivity index (χ4n) is 5.86. The molecule has 0 radical (unpaired) electrons. The van der Waals surface area contributed by atoms with Gasteiger partial charge in [-0.1, -0.05) is 24.6 Å². The highest BCUT2D eigenvalue weighted by molar-refractivity contribution is 5.89. The average Bonchev–Trinajstić information content (AvgIpc) is 2.84. The summed E-state index contributed by atoms with van der Waals surface area (Å²) in [6.45, 7) is 4.64. The molecule has 2 saturated heterocycles. The second kappa shape index (κ2) is 10.5. The number of urea groups is 1. The van der Waals surface area contributed by atoms with Gasteiger partial charge in [0.2, 0.25) is 5.91 Å². The van der Waals surface area contributed by atoms with Crippen LogP contribution in [0.25, 0.3) is 0 Å². The molecule has 6 nitrogen and oxygen atoms in total. The van der Waals surface area contributed by atoms with Crippen LogP contribution < -0.4 is 15.5 Å². The van der Waals surface area contributed by atoms with E-state index in [-0.39, 0.29) is 23.4 Å². The molecule has 6 heteroatoms. The fourth-order valence-corrected chi connectivity index (χ4v) is 5.86. The van der Waals surface area contributed by atoms with Crippen LogP contribution in [0.4, 0.5) is 10.5 Å². The summed E-state index contributed by atoms with van der Waals surface area (Å²) in [4.78, 5) is 29.1. The number of rotatable bonds is 5. The van der Waals surface area contributed by atoms with Crippen LogP contribution in [0.15, 0.2) is 30.3 Å². The normalized spacial score (nSPS) is 22.6. The minimum Gasteiger partial charge on any atom is -0.350 e. The molecule has 0 unspecified atom stereocenters. The van der Waals surface area contributed by atoms with Crippen LogP contribution >= 0.6 is 0 Å². The smallest absolute Gasteiger partial charge is 0.321 e. The number of likely N-dealkylation sites (tertiary alicyclic amines) is 2. The highest BCUT2D eigenvalue weighted by atomic mass is 16.2. The quantitative estimate of drug-likeness (QED) is 0.677. The molecule has 4 rings (SSSR count). The molecular formula is C25H39N4O2+. The lowest BCUT2D eigenvalue weighted by Crippen LogP contribution is -3.22. The zero-order chi connectivity index (χ0) is 21.5. The van der Waals surface area contributed by atoms with E-state index in [2.05, 4.69) is 10.6 Å². The van der Waals surface area contributed by atoms with E-state index in [9.17, 15) is 9.59 Å². The number of amides is 3. The Morgan fingerprint density at radius 3 is 2.26 bits per heavy atom. The van der Waals surface area contributed by atoms with Crippen molar-refractivity contribution in [2.75, 3.05) is 38.0 Å². The molecular weight excluding hydrogens is 388 g/mol. The Morgan fingerprint density at radius 1 is 0.935 bits per heavy atom. The molecule has 0 bridgehead atoms. The predicted molar refractivity (Wildman–Crippen MR) is 123 cm³/mol. The van der Waals surface area contributed by atoms with Gasteiger partial charge in [-0.25, -0.2) is 4.79 Å². The van der Waals surface area contributed by atoms with Crippen LogP contribution in [0.5, 0.6) is 0 Å². The van der Waals surface area contributed by atoms with E-state index in [4.69, 9.17) is 0 Å². The zero-order valence-electron chi connectivity index (χ0n) is 18.8. The summed E-state index contributed by atoms with van der Waals surface area (Å²) in [7, 11) is 0. The van der Waals surface area contributed by atoms with E-state index in [1.54, 1.807) is 4.90 Å². The lowest BCUT2D eigenvalue weighted by molar-refractivity contribution is -0.957. The van der Waals surface area contributed by atoms with Gasteiger partial charge in [0.05, 0.1) is 19.6 Å². The van der Waals surface area contributed by atoms with Crippen LogP contribution in [0.3, 0.4) is 0 Å². The first-order chi connectivity index (χ1) is 15.2. The second-order valence-electron chi connectivity index (χ2n) is 9.78. The van der Waals surface area contributed by atoms with Crippen molar-refractivity contribution in [3.05, 3.63) is 30.3 Å². The largest absolute Gasteiger partial charge is 0.350 e. The van der Waals surface area contributed by atoms with Crippen LogP contribution in [-0.4, -0.2) is 55.1 Å². The van der Waals surface area contributed by atoms with Crippen molar-refractivity contribution < 1.29 is 14.5 Å². The van der Waals surface area contributed by atoms with E-state index in [0.29, 0.717) is 13.1 Å². The minimum absolute atomic E-state index is 0.0257. The number of hydrogen-bond acceptors (Lipinski definition) is 2. The molecule has 3 N–H and O–H groups in total. The van der Waals surface area contributed by atoms with Gasteiger partial charge in [0.25, 0.3) is 0 Å². The molecule has 0 atom stereocenters. The van der Waals surface area contributed by atoms with E-state index >= 15 is 0 Å². The summed E-state index contributed by atoms with van der Waals surface area (Å²) < 4.78 is 0. The standard InChI is InChI=1S/C25H38N4O2/c30-23(26-20-25(14-6-2-7-15-25)29-16-8-3-9-17-29)21-12-18-28(19-13-21)24(31)27-22-10-4-1-5-11-22/h1,4-5,10-11,21H,2-3,6-9,12-20H2,(H,26,30)(H,27,31)/p+1. The number of piperidine rings is 2. The number of hydrogen-bond donors (Lipinski definition) is 3. The molecule has 1 aromatic carbocycles. The number of anilines is 1. The number of benzene rings is 1. The fraction of sp³-hybridized carbons (Fsp3) is 0.680. The SMILES string of the molecule is O=C(NCC1([NH+]2CCCCC2)CCCCC1)C1CCN(C(=O)Nc2ccccc2)CC1. The van der Waals surface area contributed by atoms with Crippen molar-refractivity contribution >= 4 is 17.6 Å². The molecule has 0 spiro atoms. The Morgan fingerprint density at radius 2 is 1.58 bits per heavy atom. The zero-order valence-corrected chi connectivity index (χ0v) is 18.8. The first-order valence-electron chi connectivity index (χ1n) is 12.4. The third kappa shape index (κ3) is 5.59. The molecule has 170 valence electrons. The van der Waals surface area contributed by atoms with Gasteiger partial charge in [-0.3, -0.25) is 4.79 Å². The average molecular weight is 428 g/mol. The van der Waals surface area contributed by atoms with Gasteiger partial charge >= 0.3 is 6.03 Å². The van der Waals surface area contributed by atoms with Crippen molar-refractivity contribution in [1.82, 2.24) is 10.2 Å². The first-order valence-corrected chi connectivity index (χ1v) is 12.4. The summed E-state index contributed by atoms with van der Waals surface area (Å²) in [5.74, 6) is 0.224. The number of carbonyl (C=O) groups excluding carboxylic acids is 2. The molecule has 1 aliphatic carbocycles. The van der Waals surface area contributed by atoms with Crippen molar-refractivity contribution in [3.8, 4) is 0 Å². The van der Waals surface area contributed by atoms with Crippen LogP contribution in [-0.2, 0) is 4.79 Å². The highest BCUT2D eigenvalue weighted by Crippen LogP contribution is 2.26. The van der Waals surface area contributed by atoms with E-state index in [1.807, 2.05) is 35.2 Å². The maximum Gasteiger partial charge on any atom is 0.321 e. The summed E-state index contributed by atoms with van der Waals surface area (Å²) in [6, 6.07) is 9.48. The maximum atomic E-state index is 13.0. The van der Waals surface area contributed by atoms with Crippen molar-refractivity contribution in [2.45, 2.75) is 69.7 Å². The van der Waals surface area contributed by atoms with Crippen molar-refractivity contribution in [1.29, 1.82) is 0 Å². The number of quaternary nitrogens is 1. The van der Waals surface area contributed by atoms with Gasteiger partial charge in [0, 0.05) is 37.5 Å². The number of carbonyl (C=O) groups is 2. The van der Waals surface area contributed by atoms with Crippen LogP contribution in [0, 0.1) is 5.92 Å². The van der Waals surface area contributed by atoms with Gasteiger partial charge in [-0.15, -0.1) is 0 Å². The van der Waals surface area contributed by atoms with Gasteiger partial charge in [-0.2, -0.15) is 0 Å². The number of para-hydroxylation sites is 1. The summed E-state index contributed by atoms with van der Waals surface area (Å²) in [5, 5.41) is 6.31. The Bertz CT molecular complexity index is 718. The molecule has 2 heterocycles. The topological polar surface area (TPSA) is 65.9 Å². The van der Waals surface area contributed by atoms with E-state index in [0.717, 1.165) is 25.1 Å². The Kier molecular flexibility index (Phi) is 7.49. The molecule has 3 aliphatic rings. The van der Waals surface area contributed by atoms with Gasteiger partial charge in [-0.05, 0) is 57.1 Å². The second-order valence-corrected chi connectivity index (χ2v) is 9.78. The molecule has 1 saturated carbocycles. The maximum absolute atomic E-state index is 13.0. The Hall–Kier alpha value is -2.08. The van der Waals surface area contributed by atoms with Gasteiger partial charge < -0.3 is 20.4 Å². The molecule has 3 fully saturated rings. The van der Waals surface area contributed by atoms with Gasteiger partial charge in [0.1, 0.15) is 5.54 Å². The molecule has 3 amide bonds. The Balaban J connectivity index is 1.26. The number of nitrogens with one attached hydrogen (secondary N) is 3. The third-order valence-electron chi connectivity index (χ3n) is 7.80. The summed E-state index contributed by atoms with van der Waals surface area (Å²) >= 11 is 0. The lowest BCUT2D eigenvalue weighted by Gasteiger charge is -2.45. The van der Waals surface area contributed by atoms with E-state index < -0.39 is 0 Å². The highest BCUT2D eigenvalue weighted by Gasteiger charge is 2.42. The van der Waals surface area contributed by atoms with Crippen LogP contribution in [0.1, 0.15) is 64.2 Å². The summed E-state index contributed by atoms with van der Waals surface area (Å²) in [5.41, 5.74) is 1.07. The van der Waals surface area contributed by atoms with E-state index in [1.165, 1.54) is 64.5 Å². The summed E-state index contributed by atoms with van der Waals surface area (Å²) in [6.07, 6.45) is 12.0. The van der Waals surface area contributed by atoms with Crippen molar-refractivity contribution in [2.24, 2.45) is 5.92 Å². The third-order valence-corrected chi connectivity index (χ3v) is 7.80. The molecule has 0 aromatic heterocycles. The van der Waals surface area contributed by atoms with Crippen LogP contribution in [0.2, 0.25) is 0 Å². The Labute approximate surface area is 186 Å². The minimum atomic E-state index is -0.0695. The van der Waals surface area contributed by atoms with Crippen molar-refractivity contribution in [3.63, 3.8) is 0 Å². The predicted octanol–water partition coefficient (Wildman–Crippen LogP) is 2.82. The number of nitrogens with zero attached hydrogens (tertiary/aromatic N) is 1. The van der Waals surface area contributed by atoms with Gasteiger partial charge in [0.15, 0.2) is 0 Å².